The van der Waals surface area contributed by atoms with Gasteiger partial charge in [0, 0.05) is 5.69 Å². The van der Waals surface area contributed by atoms with E-state index >= 15 is 0 Å². The quantitative estimate of drug-likeness (QED) is 0.566. The summed E-state index contributed by atoms with van der Waals surface area (Å²) in [7, 11) is 1.56. The number of esters is 1. The first-order chi connectivity index (χ1) is 13.4. The van der Waals surface area contributed by atoms with Crippen LogP contribution in [0.4, 0.5) is 10.5 Å². The lowest BCUT2D eigenvalue weighted by Crippen LogP contribution is -2.44. The van der Waals surface area contributed by atoms with Gasteiger partial charge in [0.1, 0.15) is 16.8 Å². The van der Waals surface area contributed by atoms with Crippen molar-refractivity contribution in [1.82, 2.24) is 20.8 Å². The molecule has 0 saturated carbocycles. The summed E-state index contributed by atoms with van der Waals surface area (Å²) in [6.07, 6.45) is 0. The summed E-state index contributed by atoms with van der Waals surface area (Å²) < 4.78 is 9.86. The van der Waals surface area contributed by atoms with Gasteiger partial charge in [-0.05, 0) is 38.1 Å². The number of nitrogens with zero attached hydrogens (tertiary/aromatic N) is 2. The highest BCUT2D eigenvalue weighted by atomic mass is 32.1. The number of amides is 3. The van der Waals surface area contributed by atoms with Crippen LogP contribution in [-0.4, -0.2) is 47.9 Å². The van der Waals surface area contributed by atoms with Crippen molar-refractivity contribution in [2.45, 2.75) is 26.4 Å². The number of carbonyl (C=O) groups is 3. The molecule has 0 aliphatic carbocycles. The van der Waals surface area contributed by atoms with E-state index in [1.165, 1.54) is 6.92 Å². The second-order valence-electron chi connectivity index (χ2n) is 5.48. The van der Waals surface area contributed by atoms with Crippen molar-refractivity contribution in [2.75, 3.05) is 19.0 Å². The number of rotatable bonds is 8. The first-order valence-electron chi connectivity index (χ1n) is 8.41. The van der Waals surface area contributed by atoms with Crippen LogP contribution < -0.4 is 20.7 Å². The number of nitrogens with one attached hydrogen (secondary N) is 3. The van der Waals surface area contributed by atoms with Crippen LogP contribution in [-0.2, 0) is 16.1 Å². The third kappa shape index (κ3) is 6.20. The number of ether oxygens (including phenoxy) is 2. The Hall–Kier alpha value is -3.21. The Bertz CT molecular complexity index is 824. The molecule has 0 radical (unpaired) electrons. The van der Waals surface area contributed by atoms with E-state index in [0.29, 0.717) is 16.4 Å². The number of carbonyl (C=O) groups excluding carboxylic acids is 3. The monoisotopic (exact) mass is 407 g/mol. The summed E-state index contributed by atoms with van der Waals surface area (Å²) >= 11 is 1.05. The minimum absolute atomic E-state index is 0.0643. The lowest BCUT2D eigenvalue weighted by Gasteiger charge is -2.12. The fourth-order valence-electron chi connectivity index (χ4n) is 2.01. The summed E-state index contributed by atoms with van der Waals surface area (Å²) in [5.74, 6) is -0.252. The molecule has 0 saturated heterocycles. The van der Waals surface area contributed by atoms with Gasteiger partial charge < -0.3 is 25.4 Å². The molecule has 1 atom stereocenters. The van der Waals surface area contributed by atoms with E-state index in [-0.39, 0.29) is 18.2 Å². The molecule has 0 aliphatic rings. The number of anilines is 1. The molecule has 11 heteroatoms. The Labute approximate surface area is 165 Å². The average Bonchev–Trinajstić information content (AvgIpc) is 3.16. The molecule has 3 N–H and O–H groups in total. The van der Waals surface area contributed by atoms with Crippen molar-refractivity contribution in [2.24, 2.45) is 0 Å². The second-order valence-corrected chi connectivity index (χ2v) is 6.55. The predicted octanol–water partition coefficient (Wildman–Crippen LogP) is 1.55. The van der Waals surface area contributed by atoms with Crippen molar-refractivity contribution in [1.29, 1.82) is 0 Å². The molecule has 1 aromatic heterocycles. The molecule has 3 amide bonds. The maximum atomic E-state index is 12.2. The average molecular weight is 407 g/mol. The van der Waals surface area contributed by atoms with Crippen LogP contribution in [0.3, 0.4) is 0 Å². The molecule has 10 nitrogen and oxygen atoms in total. The number of urea groups is 1. The fourth-order valence-corrected chi connectivity index (χ4v) is 2.68. The van der Waals surface area contributed by atoms with Crippen LogP contribution >= 0.6 is 11.3 Å². The topological polar surface area (TPSA) is 132 Å². The highest BCUT2D eigenvalue weighted by Gasteiger charge is 2.17. The first-order valence-corrected chi connectivity index (χ1v) is 9.23. The molecule has 1 heterocycles. The fraction of sp³-hybridized carbons (Fsp3) is 0.353. The molecule has 0 fully saturated rings. The Kier molecular flexibility index (Phi) is 7.69. The second kappa shape index (κ2) is 10.2. The highest BCUT2D eigenvalue weighted by Crippen LogP contribution is 2.17. The normalized spacial score (nSPS) is 11.2. The van der Waals surface area contributed by atoms with Gasteiger partial charge in [-0.3, -0.25) is 4.79 Å². The molecule has 2 aromatic rings. The van der Waals surface area contributed by atoms with Crippen LogP contribution in [0.25, 0.3) is 0 Å². The standard InChI is InChI=1S/C17H21N5O5S/c1-4-27-16(24)10(2)19-17(25)18-9-13-21-22-15(28-13)14(23)20-11-5-7-12(26-3)8-6-11/h5-8,10H,4,9H2,1-3H3,(H,20,23)(H2,18,19,25). The maximum Gasteiger partial charge on any atom is 0.328 e. The zero-order valence-electron chi connectivity index (χ0n) is 15.6. The molecule has 0 spiro atoms. The van der Waals surface area contributed by atoms with Gasteiger partial charge in [0.2, 0.25) is 5.01 Å². The van der Waals surface area contributed by atoms with Crippen LogP contribution in [0.15, 0.2) is 24.3 Å². The number of benzene rings is 1. The summed E-state index contributed by atoms with van der Waals surface area (Å²) in [5.41, 5.74) is 0.591. The van der Waals surface area contributed by atoms with Crippen molar-refractivity contribution in [3.8, 4) is 5.75 Å². The summed E-state index contributed by atoms with van der Waals surface area (Å²) in [6.45, 7) is 3.50. The van der Waals surface area contributed by atoms with Gasteiger partial charge in [-0.2, -0.15) is 0 Å². The zero-order valence-corrected chi connectivity index (χ0v) is 16.5. The van der Waals surface area contributed by atoms with Gasteiger partial charge in [0.15, 0.2) is 0 Å². The molecular formula is C17H21N5O5S. The van der Waals surface area contributed by atoms with Crippen molar-refractivity contribution in [3.05, 3.63) is 34.3 Å². The highest BCUT2D eigenvalue weighted by molar-refractivity contribution is 7.13. The molecular weight excluding hydrogens is 386 g/mol. The van der Waals surface area contributed by atoms with Gasteiger partial charge >= 0.3 is 12.0 Å². The molecule has 1 unspecified atom stereocenters. The maximum absolute atomic E-state index is 12.2. The SMILES string of the molecule is CCOC(=O)C(C)NC(=O)NCc1nnc(C(=O)Nc2ccc(OC)cc2)s1. The first kappa shape index (κ1) is 21.1. The summed E-state index contributed by atoms with van der Waals surface area (Å²) in [6, 6.07) is 5.52. The third-order valence-corrected chi connectivity index (χ3v) is 4.32. The Balaban J connectivity index is 1.83. The van der Waals surface area contributed by atoms with Crippen molar-refractivity contribution >= 4 is 34.9 Å². The van der Waals surface area contributed by atoms with Crippen molar-refractivity contribution in [3.63, 3.8) is 0 Å². The van der Waals surface area contributed by atoms with E-state index in [9.17, 15) is 14.4 Å². The van der Waals surface area contributed by atoms with Gasteiger partial charge in [0.05, 0.1) is 20.3 Å². The third-order valence-electron chi connectivity index (χ3n) is 3.40. The number of aromatic nitrogens is 2. The van der Waals surface area contributed by atoms with Crippen molar-refractivity contribution < 1.29 is 23.9 Å². The molecule has 150 valence electrons. The van der Waals surface area contributed by atoms with E-state index in [1.807, 2.05) is 0 Å². The van der Waals surface area contributed by atoms with Gasteiger partial charge in [-0.25, -0.2) is 9.59 Å². The number of hydrogen-bond acceptors (Lipinski definition) is 8. The van der Waals surface area contributed by atoms with E-state index in [0.717, 1.165) is 11.3 Å². The van der Waals surface area contributed by atoms with E-state index in [2.05, 4.69) is 26.1 Å². The lowest BCUT2D eigenvalue weighted by molar-refractivity contribution is -0.144. The van der Waals surface area contributed by atoms with Gasteiger partial charge in [-0.1, -0.05) is 11.3 Å². The minimum Gasteiger partial charge on any atom is -0.497 e. The largest absolute Gasteiger partial charge is 0.497 e. The number of methoxy groups -OCH3 is 1. The Morgan fingerprint density at radius 1 is 1.18 bits per heavy atom. The van der Waals surface area contributed by atoms with Gasteiger partial charge in [-0.15, -0.1) is 10.2 Å². The summed E-state index contributed by atoms with van der Waals surface area (Å²) in [5, 5.41) is 16.0. The van der Waals surface area contributed by atoms with Crippen LogP contribution in [0.2, 0.25) is 0 Å². The molecule has 2 rings (SSSR count). The van der Waals surface area contributed by atoms with Crippen LogP contribution in [0.5, 0.6) is 5.75 Å². The zero-order chi connectivity index (χ0) is 20.5. The Morgan fingerprint density at radius 3 is 2.54 bits per heavy atom. The van der Waals surface area contributed by atoms with E-state index in [1.54, 1.807) is 38.3 Å². The molecule has 0 aliphatic heterocycles. The lowest BCUT2D eigenvalue weighted by atomic mass is 10.3. The Morgan fingerprint density at radius 2 is 1.89 bits per heavy atom. The van der Waals surface area contributed by atoms with Crippen LogP contribution in [0.1, 0.15) is 28.7 Å². The summed E-state index contributed by atoms with van der Waals surface area (Å²) in [4.78, 5) is 35.5. The smallest absolute Gasteiger partial charge is 0.328 e. The number of hydrogen-bond donors (Lipinski definition) is 3. The van der Waals surface area contributed by atoms with E-state index < -0.39 is 23.9 Å². The molecule has 0 bridgehead atoms. The predicted molar refractivity (Wildman–Crippen MR) is 102 cm³/mol. The van der Waals surface area contributed by atoms with Gasteiger partial charge in [0.25, 0.3) is 5.91 Å². The molecule has 28 heavy (non-hydrogen) atoms. The van der Waals surface area contributed by atoms with Crippen LogP contribution in [0, 0.1) is 0 Å². The molecule has 1 aromatic carbocycles. The van der Waals surface area contributed by atoms with E-state index in [4.69, 9.17) is 9.47 Å². The minimum atomic E-state index is -0.778.